The Balaban J connectivity index is 0.000000304. The van der Waals surface area contributed by atoms with Crippen molar-refractivity contribution in [3.8, 4) is 0 Å². The molecule has 17 heavy (non-hydrogen) atoms. The second-order valence-corrected chi connectivity index (χ2v) is 7.25. The summed E-state index contributed by atoms with van der Waals surface area (Å²) in [7, 11) is -4.55. The molecule has 1 fully saturated rings. The van der Waals surface area contributed by atoms with E-state index in [1.165, 1.54) is 34.3 Å². The van der Waals surface area contributed by atoms with Crippen LogP contribution >= 0.6 is 8.58 Å². The fourth-order valence-electron chi connectivity index (χ4n) is 1.55. The lowest BCUT2D eigenvalue weighted by atomic mass is 10.1. The van der Waals surface area contributed by atoms with Crippen LogP contribution in [0.1, 0.15) is 39.5 Å². The topological polar surface area (TPSA) is 54.4 Å². The minimum atomic E-state index is -5.84. The molecule has 0 spiro atoms. The lowest BCUT2D eigenvalue weighted by Crippen LogP contribution is -2.21. The lowest BCUT2D eigenvalue weighted by molar-refractivity contribution is -0.0510. The molecule has 2 atom stereocenters. The monoisotopic (exact) mass is 294 g/mol. The molecule has 1 rings (SSSR count). The highest BCUT2D eigenvalue weighted by atomic mass is 32.2. The summed E-state index contributed by atoms with van der Waals surface area (Å²) in [4.78, 5) is 0. The molecule has 0 aromatic heterocycles. The third-order valence-electron chi connectivity index (χ3n) is 2.61. The summed E-state index contributed by atoms with van der Waals surface area (Å²) in [6.07, 6.45) is 5.89. The first-order chi connectivity index (χ1) is 7.61. The first-order valence-electron chi connectivity index (χ1n) is 5.41. The standard InChI is InChI=1S/C8H17P.CHF3O3S/c1-3-7-5-6-8(4-2)9-7;2-1(3,4)8(5,6)7/h7-9H,3-6H2,1-2H3;(H,5,6,7)/t7-,8-;/m1./s1. The smallest absolute Gasteiger partial charge is 0.279 e. The maximum atomic E-state index is 10.7. The fraction of sp³-hybridized carbons (Fsp3) is 1.00. The molecular formula is C9H18F3O3PS. The van der Waals surface area contributed by atoms with Crippen molar-refractivity contribution in [3.05, 3.63) is 0 Å². The highest BCUT2D eigenvalue weighted by Gasteiger charge is 2.44. The zero-order chi connectivity index (χ0) is 13.7. The van der Waals surface area contributed by atoms with Crippen LogP contribution in [0.5, 0.6) is 0 Å². The number of hydrogen-bond acceptors (Lipinski definition) is 2. The van der Waals surface area contributed by atoms with Crippen LogP contribution in [-0.4, -0.2) is 29.8 Å². The Kier molecular flexibility index (Phi) is 6.95. The van der Waals surface area contributed by atoms with Crippen LogP contribution in [0.2, 0.25) is 0 Å². The van der Waals surface area contributed by atoms with Gasteiger partial charge in [-0.3, -0.25) is 4.55 Å². The second-order valence-electron chi connectivity index (χ2n) is 3.88. The van der Waals surface area contributed by atoms with E-state index in [2.05, 4.69) is 13.8 Å². The van der Waals surface area contributed by atoms with Gasteiger partial charge < -0.3 is 0 Å². The van der Waals surface area contributed by atoms with Gasteiger partial charge in [0, 0.05) is 0 Å². The zero-order valence-corrected chi connectivity index (χ0v) is 11.6. The Morgan fingerprint density at radius 2 is 1.47 bits per heavy atom. The summed E-state index contributed by atoms with van der Waals surface area (Å²) in [5, 5.41) is 0. The molecule has 3 nitrogen and oxygen atoms in total. The van der Waals surface area contributed by atoms with Gasteiger partial charge in [-0.2, -0.15) is 21.6 Å². The Bertz CT molecular complexity index is 306. The van der Waals surface area contributed by atoms with Crippen molar-refractivity contribution in [1.29, 1.82) is 0 Å². The van der Waals surface area contributed by atoms with Gasteiger partial charge in [0.2, 0.25) is 0 Å². The van der Waals surface area contributed by atoms with Crippen LogP contribution in [-0.2, 0) is 10.1 Å². The van der Waals surface area contributed by atoms with Crippen molar-refractivity contribution < 1.29 is 26.1 Å². The van der Waals surface area contributed by atoms with Crippen molar-refractivity contribution in [2.24, 2.45) is 0 Å². The first kappa shape index (κ1) is 17.1. The predicted molar refractivity (Wildman–Crippen MR) is 63.3 cm³/mol. The highest BCUT2D eigenvalue weighted by molar-refractivity contribution is 7.86. The third-order valence-corrected chi connectivity index (χ3v) is 5.53. The molecule has 0 unspecified atom stereocenters. The summed E-state index contributed by atoms with van der Waals surface area (Å²) >= 11 is 0. The molecule has 0 aromatic rings. The van der Waals surface area contributed by atoms with E-state index in [-0.39, 0.29) is 0 Å². The molecule has 0 aliphatic carbocycles. The van der Waals surface area contributed by atoms with Crippen LogP contribution in [0.3, 0.4) is 0 Å². The van der Waals surface area contributed by atoms with Crippen LogP contribution in [0.25, 0.3) is 0 Å². The molecule has 8 heteroatoms. The van der Waals surface area contributed by atoms with E-state index in [0.717, 1.165) is 11.3 Å². The van der Waals surface area contributed by atoms with E-state index >= 15 is 0 Å². The summed E-state index contributed by atoms with van der Waals surface area (Å²) in [6.45, 7) is 4.66. The van der Waals surface area contributed by atoms with Gasteiger partial charge in [0.15, 0.2) is 0 Å². The average molecular weight is 294 g/mol. The Hall–Kier alpha value is 0.130. The van der Waals surface area contributed by atoms with Gasteiger partial charge in [-0.25, -0.2) is 0 Å². The van der Waals surface area contributed by atoms with Crippen molar-refractivity contribution in [1.82, 2.24) is 0 Å². The molecule has 1 heterocycles. The SMILES string of the molecule is CC[C@@H]1CC[C@@H](CC)P1.O=S(=O)(O)C(F)(F)F. The summed E-state index contributed by atoms with van der Waals surface area (Å²) in [5.41, 5.74) is -3.32. The van der Waals surface area contributed by atoms with E-state index in [0.29, 0.717) is 0 Å². The summed E-state index contributed by atoms with van der Waals surface area (Å²) < 4.78 is 57.5. The zero-order valence-electron chi connectivity index (χ0n) is 9.79. The highest BCUT2D eigenvalue weighted by Crippen LogP contribution is 2.42. The van der Waals surface area contributed by atoms with E-state index < -0.39 is 15.6 Å². The van der Waals surface area contributed by atoms with E-state index in [4.69, 9.17) is 13.0 Å². The molecular weight excluding hydrogens is 276 g/mol. The molecule has 1 aliphatic heterocycles. The molecule has 0 saturated carbocycles. The first-order valence-corrected chi connectivity index (χ1v) is 8.01. The van der Waals surface area contributed by atoms with E-state index in [1.807, 2.05) is 0 Å². The Morgan fingerprint density at radius 3 is 1.59 bits per heavy atom. The minimum absolute atomic E-state index is 1.11. The maximum absolute atomic E-state index is 10.7. The normalized spacial score (nSPS) is 25.3. The molecule has 104 valence electrons. The molecule has 1 aliphatic rings. The van der Waals surface area contributed by atoms with Crippen molar-refractivity contribution in [2.75, 3.05) is 0 Å². The van der Waals surface area contributed by atoms with Gasteiger partial charge in [-0.1, -0.05) is 13.8 Å². The minimum Gasteiger partial charge on any atom is -0.279 e. The van der Waals surface area contributed by atoms with Crippen molar-refractivity contribution in [3.63, 3.8) is 0 Å². The van der Waals surface area contributed by atoms with Crippen molar-refractivity contribution >= 4 is 18.7 Å². The number of hydrogen-bond donors (Lipinski definition) is 1. The van der Waals surface area contributed by atoms with Crippen LogP contribution < -0.4 is 0 Å². The molecule has 1 N–H and O–H groups in total. The predicted octanol–water partition coefficient (Wildman–Crippen LogP) is 3.41. The van der Waals surface area contributed by atoms with E-state index in [1.54, 1.807) is 0 Å². The molecule has 0 aromatic carbocycles. The largest absolute Gasteiger partial charge is 0.522 e. The Labute approximate surface area is 102 Å². The van der Waals surface area contributed by atoms with Crippen molar-refractivity contribution in [2.45, 2.75) is 56.4 Å². The van der Waals surface area contributed by atoms with Gasteiger partial charge in [-0.05, 0) is 37.0 Å². The lowest BCUT2D eigenvalue weighted by Gasteiger charge is -2.05. The molecule has 0 amide bonds. The fourth-order valence-corrected chi connectivity index (χ4v) is 3.35. The Morgan fingerprint density at radius 1 is 1.18 bits per heavy atom. The van der Waals surface area contributed by atoms with Gasteiger partial charge in [0.05, 0.1) is 0 Å². The third kappa shape index (κ3) is 6.58. The summed E-state index contributed by atoms with van der Waals surface area (Å²) in [6, 6.07) is 0. The van der Waals surface area contributed by atoms with Crippen LogP contribution in [0, 0.1) is 0 Å². The quantitative estimate of drug-likeness (QED) is 0.482. The number of halogens is 3. The van der Waals surface area contributed by atoms with Gasteiger partial charge in [0.25, 0.3) is 0 Å². The second kappa shape index (κ2) is 6.90. The van der Waals surface area contributed by atoms with E-state index in [9.17, 15) is 13.2 Å². The number of alkyl halides is 3. The van der Waals surface area contributed by atoms with Crippen LogP contribution in [0.4, 0.5) is 13.2 Å². The van der Waals surface area contributed by atoms with Crippen LogP contribution in [0.15, 0.2) is 0 Å². The van der Waals surface area contributed by atoms with Gasteiger partial charge in [-0.15, -0.1) is 8.58 Å². The number of rotatable bonds is 2. The average Bonchev–Trinajstić information content (AvgIpc) is 2.63. The maximum Gasteiger partial charge on any atom is 0.522 e. The molecule has 0 radical (unpaired) electrons. The summed E-state index contributed by atoms with van der Waals surface area (Å²) in [5.74, 6) is 0. The molecule has 1 saturated heterocycles. The molecule has 0 bridgehead atoms. The van der Waals surface area contributed by atoms with Gasteiger partial charge >= 0.3 is 15.6 Å². The van der Waals surface area contributed by atoms with Gasteiger partial charge in [0.1, 0.15) is 0 Å².